The van der Waals surface area contributed by atoms with Crippen molar-refractivity contribution in [3.05, 3.63) is 0 Å². The minimum atomic E-state index is -0.0344. The molecule has 100 valence electrons. The van der Waals surface area contributed by atoms with Crippen LogP contribution in [0.2, 0.25) is 0 Å². The SMILES string of the molecule is CCOCC(C)NC(=O)C1C(C)CCCC1N. The van der Waals surface area contributed by atoms with Gasteiger partial charge in [-0.2, -0.15) is 0 Å². The fourth-order valence-corrected chi connectivity index (χ4v) is 2.58. The number of carbonyl (C=O) groups is 1. The number of nitrogens with two attached hydrogens (primary N) is 1. The lowest BCUT2D eigenvalue weighted by Crippen LogP contribution is -2.50. The number of carbonyl (C=O) groups excluding carboxylic acids is 1. The van der Waals surface area contributed by atoms with Gasteiger partial charge >= 0.3 is 0 Å². The van der Waals surface area contributed by atoms with Crippen LogP contribution in [0.15, 0.2) is 0 Å². The van der Waals surface area contributed by atoms with Gasteiger partial charge in [0, 0.05) is 18.7 Å². The van der Waals surface area contributed by atoms with Crippen LogP contribution in [0.4, 0.5) is 0 Å². The van der Waals surface area contributed by atoms with E-state index < -0.39 is 0 Å². The molecule has 0 aromatic heterocycles. The van der Waals surface area contributed by atoms with E-state index in [-0.39, 0.29) is 23.9 Å². The molecule has 4 nitrogen and oxygen atoms in total. The molecule has 1 amide bonds. The first kappa shape index (κ1) is 14.5. The van der Waals surface area contributed by atoms with E-state index in [4.69, 9.17) is 10.5 Å². The van der Waals surface area contributed by atoms with E-state index in [9.17, 15) is 4.79 Å². The second-order valence-electron chi connectivity index (χ2n) is 5.17. The molecule has 1 fully saturated rings. The van der Waals surface area contributed by atoms with Crippen molar-refractivity contribution in [2.45, 2.75) is 52.1 Å². The summed E-state index contributed by atoms with van der Waals surface area (Å²) in [5.74, 6) is 0.447. The van der Waals surface area contributed by atoms with Gasteiger partial charge in [-0.15, -0.1) is 0 Å². The van der Waals surface area contributed by atoms with Gasteiger partial charge in [0.2, 0.25) is 5.91 Å². The number of ether oxygens (including phenoxy) is 1. The lowest BCUT2D eigenvalue weighted by atomic mass is 9.76. The number of amides is 1. The Morgan fingerprint density at radius 2 is 2.24 bits per heavy atom. The van der Waals surface area contributed by atoms with E-state index >= 15 is 0 Å². The van der Waals surface area contributed by atoms with Crippen LogP contribution in [0.3, 0.4) is 0 Å². The molecule has 1 saturated carbocycles. The van der Waals surface area contributed by atoms with Crippen molar-refractivity contribution >= 4 is 5.91 Å². The lowest BCUT2D eigenvalue weighted by molar-refractivity contribution is -0.129. The predicted octanol–water partition coefficient (Wildman–Crippen LogP) is 1.29. The van der Waals surface area contributed by atoms with Gasteiger partial charge in [-0.1, -0.05) is 13.3 Å². The van der Waals surface area contributed by atoms with E-state index in [0.29, 0.717) is 19.1 Å². The van der Waals surface area contributed by atoms with Gasteiger partial charge in [0.1, 0.15) is 0 Å². The standard InChI is InChI=1S/C13H26N2O2/c1-4-17-8-10(3)15-13(16)12-9(2)6-5-7-11(12)14/h9-12H,4-8,14H2,1-3H3,(H,15,16). The van der Waals surface area contributed by atoms with Gasteiger partial charge in [0.15, 0.2) is 0 Å². The lowest BCUT2D eigenvalue weighted by Gasteiger charge is -2.33. The van der Waals surface area contributed by atoms with Crippen molar-refractivity contribution < 1.29 is 9.53 Å². The number of hydrogen-bond acceptors (Lipinski definition) is 3. The number of hydrogen-bond donors (Lipinski definition) is 2. The molecule has 0 bridgehead atoms. The average molecular weight is 242 g/mol. The smallest absolute Gasteiger partial charge is 0.225 e. The van der Waals surface area contributed by atoms with Crippen molar-refractivity contribution in [3.8, 4) is 0 Å². The molecule has 4 atom stereocenters. The molecule has 0 aliphatic heterocycles. The van der Waals surface area contributed by atoms with Crippen LogP contribution in [0.5, 0.6) is 0 Å². The summed E-state index contributed by atoms with van der Waals surface area (Å²) < 4.78 is 5.29. The van der Waals surface area contributed by atoms with Crippen molar-refractivity contribution in [2.24, 2.45) is 17.6 Å². The largest absolute Gasteiger partial charge is 0.380 e. The highest BCUT2D eigenvalue weighted by molar-refractivity contribution is 5.80. The Morgan fingerprint density at radius 3 is 2.82 bits per heavy atom. The fraction of sp³-hybridized carbons (Fsp3) is 0.923. The molecule has 4 unspecified atom stereocenters. The minimum absolute atomic E-state index is 0.0121. The third kappa shape index (κ3) is 4.28. The van der Waals surface area contributed by atoms with Gasteiger partial charge in [-0.3, -0.25) is 4.79 Å². The molecule has 0 aromatic rings. The number of rotatable bonds is 5. The van der Waals surface area contributed by atoms with Crippen LogP contribution < -0.4 is 11.1 Å². The quantitative estimate of drug-likeness (QED) is 0.763. The first-order chi connectivity index (χ1) is 8.06. The Kier molecular flexibility index (Phi) is 5.92. The maximum Gasteiger partial charge on any atom is 0.225 e. The predicted molar refractivity (Wildman–Crippen MR) is 68.6 cm³/mol. The average Bonchev–Trinajstić information content (AvgIpc) is 2.26. The maximum absolute atomic E-state index is 12.1. The van der Waals surface area contributed by atoms with Crippen molar-refractivity contribution in [3.63, 3.8) is 0 Å². The zero-order valence-corrected chi connectivity index (χ0v) is 11.2. The Bertz CT molecular complexity index is 236. The second kappa shape index (κ2) is 6.97. The summed E-state index contributed by atoms with van der Waals surface area (Å²) in [4.78, 5) is 12.1. The molecule has 17 heavy (non-hydrogen) atoms. The molecule has 4 heteroatoms. The van der Waals surface area contributed by atoms with E-state index in [1.165, 1.54) is 0 Å². The zero-order valence-electron chi connectivity index (χ0n) is 11.2. The Balaban J connectivity index is 2.44. The molecule has 3 N–H and O–H groups in total. The number of nitrogens with one attached hydrogen (secondary N) is 1. The van der Waals surface area contributed by atoms with E-state index in [2.05, 4.69) is 12.2 Å². The summed E-state index contributed by atoms with van der Waals surface area (Å²) in [5, 5.41) is 3.00. The molecule has 0 heterocycles. The molecular weight excluding hydrogens is 216 g/mol. The van der Waals surface area contributed by atoms with Crippen molar-refractivity contribution in [1.82, 2.24) is 5.32 Å². The zero-order chi connectivity index (χ0) is 12.8. The molecule has 1 aliphatic rings. The Labute approximate surface area is 104 Å². The molecular formula is C13H26N2O2. The highest BCUT2D eigenvalue weighted by Gasteiger charge is 2.34. The highest BCUT2D eigenvalue weighted by atomic mass is 16.5. The summed E-state index contributed by atoms with van der Waals surface area (Å²) in [6, 6.07) is 0.0711. The first-order valence-electron chi connectivity index (χ1n) is 6.70. The van der Waals surface area contributed by atoms with Gasteiger partial charge < -0.3 is 15.8 Å². The van der Waals surface area contributed by atoms with Crippen molar-refractivity contribution in [1.29, 1.82) is 0 Å². The maximum atomic E-state index is 12.1. The summed E-state index contributed by atoms with van der Waals surface area (Å²) in [6.45, 7) is 7.29. The topological polar surface area (TPSA) is 64.3 Å². The fourth-order valence-electron chi connectivity index (χ4n) is 2.58. The van der Waals surface area contributed by atoms with E-state index in [0.717, 1.165) is 19.3 Å². The highest BCUT2D eigenvalue weighted by Crippen LogP contribution is 2.29. The van der Waals surface area contributed by atoms with Gasteiger partial charge in [0.25, 0.3) is 0 Å². The van der Waals surface area contributed by atoms with E-state index in [1.807, 2.05) is 13.8 Å². The summed E-state index contributed by atoms with van der Waals surface area (Å²) in [7, 11) is 0. The second-order valence-corrected chi connectivity index (χ2v) is 5.17. The van der Waals surface area contributed by atoms with Crippen LogP contribution in [0.25, 0.3) is 0 Å². The summed E-state index contributed by atoms with van der Waals surface area (Å²) >= 11 is 0. The first-order valence-corrected chi connectivity index (χ1v) is 6.70. The molecule has 0 radical (unpaired) electrons. The molecule has 0 saturated heterocycles. The van der Waals surface area contributed by atoms with Gasteiger partial charge in [-0.05, 0) is 32.6 Å². The summed E-state index contributed by atoms with van der Waals surface area (Å²) in [6.07, 6.45) is 3.20. The van der Waals surface area contributed by atoms with Gasteiger partial charge in [-0.25, -0.2) is 0 Å². The monoisotopic (exact) mass is 242 g/mol. The third-order valence-corrected chi connectivity index (χ3v) is 3.53. The van der Waals surface area contributed by atoms with Crippen LogP contribution >= 0.6 is 0 Å². The van der Waals surface area contributed by atoms with E-state index in [1.54, 1.807) is 0 Å². The normalized spacial score (nSPS) is 30.9. The van der Waals surface area contributed by atoms with Gasteiger partial charge in [0.05, 0.1) is 12.5 Å². The molecule has 0 aromatic carbocycles. The molecule has 1 aliphatic carbocycles. The van der Waals surface area contributed by atoms with Crippen LogP contribution in [0, 0.1) is 11.8 Å². The summed E-state index contributed by atoms with van der Waals surface area (Å²) in [5.41, 5.74) is 6.05. The molecule has 1 rings (SSSR count). The van der Waals surface area contributed by atoms with Crippen LogP contribution in [0.1, 0.15) is 40.0 Å². The third-order valence-electron chi connectivity index (χ3n) is 3.53. The Morgan fingerprint density at radius 1 is 1.53 bits per heavy atom. The molecule has 0 spiro atoms. The van der Waals surface area contributed by atoms with Crippen LogP contribution in [-0.4, -0.2) is 31.2 Å². The Hall–Kier alpha value is -0.610. The van der Waals surface area contributed by atoms with Crippen molar-refractivity contribution in [2.75, 3.05) is 13.2 Å². The minimum Gasteiger partial charge on any atom is -0.380 e. The van der Waals surface area contributed by atoms with Crippen LogP contribution in [-0.2, 0) is 9.53 Å².